The van der Waals surface area contributed by atoms with E-state index < -0.39 is 0 Å². The van der Waals surface area contributed by atoms with E-state index in [0.717, 1.165) is 36.7 Å². The smallest absolute Gasteiger partial charge is 0.155 e. The van der Waals surface area contributed by atoms with Crippen molar-refractivity contribution in [3.63, 3.8) is 0 Å². The molecule has 0 N–H and O–H groups in total. The number of hydrogen-bond donors (Lipinski definition) is 0. The summed E-state index contributed by atoms with van der Waals surface area (Å²) in [6.45, 7) is 5.67. The van der Waals surface area contributed by atoms with Gasteiger partial charge in [0, 0.05) is 12.1 Å². The highest BCUT2D eigenvalue weighted by Crippen LogP contribution is 2.12. The van der Waals surface area contributed by atoms with Crippen LogP contribution in [0.3, 0.4) is 0 Å². The number of pyridine rings is 1. The summed E-state index contributed by atoms with van der Waals surface area (Å²) in [4.78, 5) is 11.5. The molecule has 0 aliphatic carbocycles. The lowest BCUT2D eigenvalue weighted by molar-refractivity contribution is 0.281. The maximum Gasteiger partial charge on any atom is 0.155 e. The molecule has 3 heterocycles. The quantitative estimate of drug-likeness (QED) is 0.852. The van der Waals surface area contributed by atoms with E-state index in [4.69, 9.17) is 0 Å². The van der Waals surface area contributed by atoms with Gasteiger partial charge in [0.2, 0.25) is 0 Å². The van der Waals surface area contributed by atoms with Crippen molar-refractivity contribution in [1.82, 2.24) is 24.6 Å². The number of hydrogen-bond acceptors (Lipinski definition) is 4. The zero-order valence-corrected chi connectivity index (χ0v) is 13.4. The minimum absolute atomic E-state index is 0.863. The molecule has 3 rings (SSSR count). The van der Waals surface area contributed by atoms with Gasteiger partial charge in [0.25, 0.3) is 0 Å². The highest BCUT2D eigenvalue weighted by atomic mass is 15.4. The molecule has 0 saturated carbocycles. The van der Waals surface area contributed by atoms with Crippen LogP contribution in [0.1, 0.15) is 43.6 Å². The molecule has 1 saturated heterocycles. The first-order chi connectivity index (χ1) is 10.8. The van der Waals surface area contributed by atoms with Crippen LogP contribution in [0.25, 0.3) is 5.82 Å². The van der Waals surface area contributed by atoms with E-state index in [1.54, 1.807) is 6.33 Å². The monoisotopic (exact) mass is 299 g/mol. The Hall–Kier alpha value is -1.75. The maximum atomic E-state index is 4.54. The first-order valence-corrected chi connectivity index (χ1v) is 8.38. The summed E-state index contributed by atoms with van der Waals surface area (Å²) in [5, 5.41) is 4.34. The van der Waals surface area contributed by atoms with Gasteiger partial charge in [-0.1, -0.05) is 18.9 Å². The molecule has 1 fully saturated rings. The van der Waals surface area contributed by atoms with Crippen LogP contribution in [0.2, 0.25) is 0 Å². The zero-order chi connectivity index (χ0) is 15.2. The average molecular weight is 299 g/mol. The standard InChI is InChI=1S/C17H25N5/c1-15-8-6-9-17(20-15)22-16(18-14-19-22)10-7-13-21-11-4-2-3-5-12-21/h6,8-9,14H,2-5,7,10-13H2,1H3. The fraction of sp³-hybridized carbons (Fsp3) is 0.588. The van der Waals surface area contributed by atoms with Crippen molar-refractivity contribution < 1.29 is 0 Å². The van der Waals surface area contributed by atoms with Gasteiger partial charge in [0.05, 0.1) is 0 Å². The lowest BCUT2D eigenvalue weighted by atomic mass is 10.2. The lowest BCUT2D eigenvalue weighted by Gasteiger charge is -2.19. The first kappa shape index (κ1) is 15.2. The lowest BCUT2D eigenvalue weighted by Crippen LogP contribution is -2.26. The Morgan fingerprint density at radius 2 is 1.91 bits per heavy atom. The van der Waals surface area contributed by atoms with E-state index >= 15 is 0 Å². The predicted molar refractivity (Wildman–Crippen MR) is 87.1 cm³/mol. The Morgan fingerprint density at radius 1 is 1.09 bits per heavy atom. The molecule has 1 aliphatic heterocycles. The molecule has 0 radical (unpaired) electrons. The third kappa shape index (κ3) is 3.91. The predicted octanol–water partition coefficient (Wildman–Crippen LogP) is 2.78. The minimum Gasteiger partial charge on any atom is -0.303 e. The van der Waals surface area contributed by atoms with Crippen molar-refractivity contribution in [2.24, 2.45) is 0 Å². The summed E-state index contributed by atoms with van der Waals surface area (Å²) >= 11 is 0. The summed E-state index contributed by atoms with van der Waals surface area (Å²) in [6, 6.07) is 6.00. The largest absolute Gasteiger partial charge is 0.303 e. The highest BCUT2D eigenvalue weighted by molar-refractivity contribution is 5.24. The number of aromatic nitrogens is 4. The molecule has 2 aromatic rings. The summed E-state index contributed by atoms with van der Waals surface area (Å²) in [5.41, 5.74) is 1.00. The average Bonchev–Trinajstić information content (AvgIpc) is 2.83. The van der Waals surface area contributed by atoms with Crippen LogP contribution >= 0.6 is 0 Å². The molecule has 0 bridgehead atoms. The van der Waals surface area contributed by atoms with Gasteiger partial charge in [-0.25, -0.2) is 9.97 Å². The van der Waals surface area contributed by atoms with Crippen molar-refractivity contribution in [3.05, 3.63) is 36.0 Å². The normalized spacial score (nSPS) is 16.6. The Bertz CT molecular complexity index is 584. The van der Waals surface area contributed by atoms with Crippen molar-refractivity contribution >= 4 is 0 Å². The van der Waals surface area contributed by atoms with E-state index in [9.17, 15) is 0 Å². The number of likely N-dealkylation sites (tertiary alicyclic amines) is 1. The second-order valence-electron chi connectivity index (χ2n) is 6.08. The van der Waals surface area contributed by atoms with Gasteiger partial charge in [-0.05, 0) is 58.0 Å². The Kier molecular flexibility index (Phi) is 5.16. The Balaban J connectivity index is 1.58. The molecule has 22 heavy (non-hydrogen) atoms. The Labute approximate surface area is 132 Å². The third-order valence-electron chi connectivity index (χ3n) is 4.28. The fourth-order valence-corrected chi connectivity index (χ4v) is 3.09. The molecule has 0 atom stereocenters. The van der Waals surface area contributed by atoms with Crippen molar-refractivity contribution in [3.8, 4) is 5.82 Å². The van der Waals surface area contributed by atoms with Gasteiger partial charge in [0.15, 0.2) is 5.82 Å². The molecule has 0 unspecified atom stereocenters. The zero-order valence-electron chi connectivity index (χ0n) is 13.4. The van der Waals surface area contributed by atoms with E-state index in [1.807, 2.05) is 29.8 Å². The summed E-state index contributed by atoms with van der Waals surface area (Å²) < 4.78 is 1.87. The maximum absolute atomic E-state index is 4.54. The second kappa shape index (κ2) is 7.49. The molecule has 2 aromatic heterocycles. The molecule has 118 valence electrons. The highest BCUT2D eigenvalue weighted by Gasteiger charge is 2.11. The summed E-state index contributed by atoms with van der Waals surface area (Å²) in [6.07, 6.45) is 9.20. The molecule has 1 aliphatic rings. The number of rotatable bonds is 5. The van der Waals surface area contributed by atoms with Gasteiger partial charge in [0.1, 0.15) is 12.2 Å². The molecular formula is C17H25N5. The number of nitrogens with zero attached hydrogens (tertiary/aromatic N) is 5. The van der Waals surface area contributed by atoms with Crippen LogP contribution < -0.4 is 0 Å². The Morgan fingerprint density at radius 3 is 2.68 bits per heavy atom. The van der Waals surface area contributed by atoms with Crippen LogP contribution in [-0.4, -0.2) is 44.3 Å². The fourth-order valence-electron chi connectivity index (χ4n) is 3.09. The molecule has 0 aromatic carbocycles. The van der Waals surface area contributed by atoms with Gasteiger partial charge in [-0.15, -0.1) is 0 Å². The van der Waals surface area contributed by atoms with E-state index in [-0.39, 0.29) is 0 Å². The van der Waals surface area contributed by atoms with E-state index in [2.05, 4.69) is 20.0 Å². The van der Waals surface area contributed by atoms with Crippen LogP contribution in [0.5, 0.6) is 0 Å². The molecule has 0 amide bonds. The SMILES string of the molecule is Cc1cccc(-n2ncnc2CCCN2CCCCCC2)n1. The van der Waals surface area contributed by atoms with Crippen molar-refractivity contribution in [1.29, 1.82) is 0 Å². The van der Waals surface area contributed by atoms with Crippen LogP contribution in [0.4, 0.5) is 0 Å². The van der Waals surface area contributed by atoms with Gasteiger partial charge in [-0.3, -0.25) is 0 Å². The van der Waals surface area contributed by atoms with Gasteiger partial charge < -0.3 is 4.90 Å². The van der Waals surface area contributed by atoms with Crippen LogP contribution in [0.15, 0.2) is 24.5 Å². The first-order valence-electron chi connectivity index (χ1n) is 8.38. The summed E-state index contributed by atoms with van der Waals surface area (Å²) in [7, 11) is 0. The van der Waals surface area contributed by atoms with Crippen molar-refractivity contribution in [2.75, 3.05) is 19.6 Å². The van der Waals surface area contributed by atoms with Crippen LogP contribution in [-0.2, 0) is 6.42 Å². The molecule has 5 heteroatoms. The van der Waals surface area contributed by atoms with Crippen molar-refractivity contribution in [2.45, 2.75) is 45.4 Å². The third-order valence-corrected chi connectivity index (χ3v) is 4.28. The topological polar surface area (TPSA) is 46.8 Å². The van der Waals surface area contributed by atoms with Gasteiger partial charge >= 0.3 is 0 Å². The van der Waals surface area contributed by atoms with E-state index in [0.29, 0.717) is 0 Å². The van der Waals surface area contributed by atoms with E-state index in [1.165, 1.54) is 38.8 Å². The number of aryl methyl sites for hydroxylation is 2. The summed E-state index contributed by atoms with van der Waals surface area (Å²) in [5.74, 6) is 1.87. The van der Waals surface area contributed by atoms with Crippen LogP contribution in [0, 0.1) is 6.92 Å². The molecule has 0 spiro atoms. The second-order valence-corrected chi connectivity index (χ2v) is 6.08. The molecule has 5 nitrogen and oxygen atoms in total. The van der Waals surface area contributed by atoms with Gasteiger partial charge in [-0.2, -0.15) is 9.78 Å². The molecular weight excluding hydrogens is 274 g/mol. The minimum atomic E-state index is 0.863.